The van der Waals surface area contributed by atoms with Crippen LogP contribution in [0.3, 0.4) is 0 Å². The van der Waals surface area contributed by atoms with Gasteiger partial charge in [-0.25, -0.2) is 0 Å². The molecule has 3 N–H and O–H groups in total. The Morgan fingerprint density at radius 3 is 2.03 bits per heavy atom. The van der Waals surface area contributed by atoms with E-state index in [1.165, 1.54) is 0 Å². The molecule has 0 saturated carbocycles. The molecule has 0 spiro atoms. The molecule has 0 aliphatic carbocycles. The molecule has 0 saturated heterocycles. The van der Waals surface area contributed by atoms with Gasteiger partial charge in [0.15, 0.2) is 0 Å². The molecule has 8 heteroatoms. The van der Waals surface area contributed by atoms with E-state index in [2.05, 4.69) is 10.6 Å². The van der Waals surface area contributed by atoms with Crippen LogP contribution in [0.1, 0.15) is 29.8 Å². The lowest BCUT2D eigenvalue weighted by Gasteiger charge is -2.12. The summed E-state index contributed by atoms with van der Waals surface area (Å²) < 4.78 is 16.9. The second-order valence-electron chi connectivity index (χ2n) is 8.26. The lowest BCUT2D eigenvalue weighted by Crippen LogP contribution is -2.36. The van der Waals surface area contributed by atoms with Crippen LogP contribution in [0, 0.1) is 0 Å². The lowest BCUT2D eigenvalue weighted by atomic mass is 10.1. The first-order chi connectivity index (χ1) is 17.9. The van der Waals surface area contributed by atoms with E-state index in [4.69, 9.17) is 19.3 Å². The second kappa shape index (κ2) is 14.3. The van der Waals surface area contributed by atoms with E-state index in [0.717, 1.165) is 5.75 Å². The van der Waals surface area contributed by atoms with Crippen LogP contribution < -0.4 is 24.8 Å². The minimum Gasteiger partial charge on any atom is -0.491 e. The van der Waals surface area contributed by atoms with Crippen LogP contribution in [0.4, 0.5) is 0 Å². The molecule has 2 amide bonds. The van der Waals surface area contributed by atoms with Crippen LogP contribution in [0.2, 0.25) is 0 Å². The minimum atomic E-state index is -0.511. The van der Waals surface area contributed by atoms with Crippen molar-refractivity contribution in [2.45, 2.75) is 20.0 Å². The van der Waals surface area contributed by atoms with Gasteiger partial charge in [-0.1, -0.05) is 30.3 Å². The zero-order valence-corrected chi connectivity index (χ0v) is 21.0. The summed E-state index contributed by atoms with van der Waals surface area (Å²) in [6.07, 6.45) is 1.61. The van der Waals surface area contributed by atoms with E-state index < -0.39 is 11.8 Å². The maximum atomic E-state index is 12.9. The summed E-state index contributed by atoms with van der Waals surface area (Å²) in [6.45, 7) is 4.45. The number of hydrogen-bond donors (Lipinski definition) is 3. The molecule has 0 radical (unpaired) electrons. The molecule has 8 nitrogen and oxygen atoms in total. The van der Waals surface area contributed by atoms with Crippen LogP contribution in [0.15, 0.2) is 84.6 Å². The molecule has 0 aliphatic rings. The summed E-state index contributed by atoms with van der Waals surface area (Å²) in [5.74, 6) is 1.10. The van der Waals surface area contributed by atoms with Gasteiger partial charge in [0.1, 0.15) is 36.2 Å². The highest BCUT2D eigenvalue weighted by Gasteiger charge is 2.15. The van der Waals surface area contributed by atoms with Crippen molar-refractivity contribution in [2.75, 3.05) is 26.4 Å². The summed E-state index contributed by atoms with van der Waals surface area (Å²) in [6, 6.07) is 23.2. The van der Waals surface area contributed by atoms with Gasteiger partial charge in [0, 0.05) is 12.1 Å². The Bertz CT molecular complexity index is 1160. The van der Waals surface area contributed by atoms with E-state index in [9.17, 15) is 9.59 Å². The van der Waals surface area contributed by atoms with Crippen LogP contribution in [-0.4, -0.2) is 49.4 Å². The number of hydrogen-bond acceptors (Lipinski definition) is 6. The Hall–Kier alpha value is -4.30. The number of benzene rings is 3. The van der Waals surface area contributed by atoms with Gasteiger partial charge in [-0.15, -0.1) is 0 Å². The fraction of sp³-hybridized carbons (Fsp3) is 0.241. The molecule has 0 unspecified atom stereocenters. The summed E-state index contributed by atoms with van der Waals surface area (Å²) in [5.41, 5.74) is 1.11. The van der Waals surface area contributed by atoms with Gasteiger partial charge in [0.05, 0.1) is 12.7 Å². The van der Waals surface area contributed by atoms with Crippen molar-refractivity contribution in [1.29, 1.82) is 0 Å². The predicted octanol–water partition coefficient (Wildman–Crippen LogP) is 3.81. The highest BCUT2D eigenvalue weighted by Crippen LogP contribution is 2.17. The normalized spacial score (nSPS) is 11.1. The topological polar surface area (TPSA) is 106 Å². The van der Waals surface area contributed by atoms with Crippen molar-refractivity contribution in [1.82, 2.24) is 10.6 Å². The zero-order chi connectivity index (χ0) is 26.5. The molecule has 194 valence electrons. The monoisotopic (exact) mass is 504 g/mol. The minimum absolute atomic E-state index is 0.0416. The largest absolute Gasteiger partial charge is 0.491 e. The maximum Gasteiger partial charge on any atom is 0.267 e. The van der Waals surface area contributed by atoms with Crippen molar-refractivity contribution < 1.29 is 28.9 Å². The van der Waals surface area contributed by atoms with E-state index in [-0.39, 0.29) is 25.0 Å². The summed E-state index contributed by atoms with van der Waals surface area (Å²) in [4.78, 5) is 25.5. The summed E-state index contributed by atoms with van der Waals surface area (Å²) in [7, 11) is 0. The molecule has 0 aliphatic heterocycles. The van der Waals surface area contributed by atoms with Crippen LogP contribution in [0.5, 0.6) is 17.2 Å². The Morgan fingerprint density at radius 1 is 0.838 bits per heavy atom. The van der Waals surface area contributed by atoms with Crippen molar-refractivity contribution >= 4 is 17.9 Å². The van der Waals surface area contributed by atoms with Gasteiger partial charge >= 0.3 is 0 Å². The van der Waals surface area contributed by atoms with E-state index >= 15 is 0 Å². The number of carbonyl (C=O) groups excluding carboxylic acids is 2. The van der Waals surface area contributed by atoms with Crippen molar-refractivity contribution in [3.63, 3.8) is 0 Å². The smallest absolute Gasteiger partial charge is 0.267 e. The van der Waals surface area contributed by atoms with Gasteiger partial charge in [-0.2, -0.15) is 0 Å². The number of aliphatic hydroxyl groups is 1. The Morgan fingerprint density at radius 2 is 1.43 bits per heavy atom. The summed E-state index contributed by atoms with van der Waals surface area (Å²) >= 11 is 0. The molecule has 3 aromatic carbocycles. The van der Waals surface area contributed by atoms with E-state index in [1.54, 1.807) is 54.6 Å². The molecular formula is C29H32N2O6. The molecular weight excluding hydrogens is 472 g/mol. The number of para-hydroxylation sites is 1. The van der Waals surface area contributed by atoms with Crippen LogP contribution >= 0.6 is 0 Å². The summed E-state index contributed by atoms with van der Waals surface area (Å²) in [5, 5.41) is 14.3. The van der Waals surface area contributed by atoms with Gasteiger partial charge in [-0.3, -0.25) is 9.59 Å². The number of rotatable bonds is 13. The highest BCUT2D eigenvalue weighted by atomic mass is 16.5. The van der Waals surface area contributed by atoms with Gasteiger partial charge in [-0.05, 0) is 74.0 Å². The number of aliphatic hydroxyl groups excluding tert-OH is 1. The number of amides is 2. The standard InChI is InChI=1S/C29H32N2O6/c1-21(2)37-26-12-8-22(9-13-26)20-27(29(34)30-16-17-32)31-28(33)23-10-14-25(15-11-23)36-19-18-35-24-6-4-3-5-7-24/h3-15,20-21,32H,16-19H2,1-2H3,(H,30,34)(H,31,33). The molecule has 0 atom stereocenters. The van der Waals surface area contributed by atoms with E-state index in [0.29, 0.717) is 35.8 Å². The number of nitrogens with one attached hydrogen (secondary N) is 2. The third kappa shape index (κ3) is 9.35. The van der Waals surface area contributed by atoms with Crippen LogP contribution in [0.25, 0.3) is 6.08 Å². The highest BCUT2D eigenvalue weighted by molar-refractivity contribution is 6.05. The third-order valence-electron chi connectivity index (χ3n) is 4.93. The van der Waals surface area contributed by atoms with Gasteiger partial charge < -0.3 is 30.0 Å². The average molecular weight is 505 g/mol. The molecule has 3 rings (SSSR count). The van der Waals surface area contributed by atoms with Crippen molar-refractivity contribution in [3.05, 3.63) is 95.7 Å². The third-order valence-corrected chi connectivity index (χ3v) is 4.93. The Kier molecular flexibility index (Phi) is 10.6. The maximum absolute atomic E-state index is 12.9. The molecule has 0 fully saturated rings. The molecule has 0 heterocycles. The number of ether oxygens (including phenoxy) is 3. The average Bonchev–Trinajstić information content (AvgIpc) is 2.91. The quantitative estimate of drug-likeness (QED) is 0.241. The SMILES string of the molecule is CC(C)Oc1ccc(C=C(NC(=O)c2ccc(OCCOc3ccccc3)cc2)C(=O)NCCO)cc1. The number of carbonyl (C=O) groups is 2. The zero-order valence-electron chi connectivity index (χ0n) is 21.0. The van der Waals surface area contributed by atoms with Gasteiger partial charge in [0.25, 0.3) is 11.8 Å². The predicted molar refractivity (Wildman–Crippen MR) is 142 cm³/mol. The molecule has 3 aromatic rings. The van der Waals surface area contributed by atoms with Crippen molar-refractivity contribution in [3.8, 4) is 17.2 Å². The van der Waals surface area contributed by atoms with E-state index in [1.807, 2.05) is 44.2 Å². The molecule has 37 heavy (non-hydrogen) atoms. The first-order valence-electron chi connectivity index (χ1n) is 12.0. The lowest BCUT2D eigenvalue weighted by molar-refractivity contribution is -0.117. The van der Waals surface area contributed by atoms with Crippen molar-refractivity contribution in [2.24, 2.45) is 0 Å². The Labute approximate surface area is 216 Å². The second-order valence-corrected chi connectivity index (χ2v) is 8.26. The molecule has 0 bridgehead atoms. The first-order valence-corrected chi connectivity index (χ1v) is 12.0. The fourth-order valence-corrected chi connectivity index (χ4v) is 3.24. The van der Waals surface area contributed by atoms with Crippen LogP contribution in [-0.2, 0) is 4.79 Å². The first kappa shape index (κ1) is 27.3. The fourth-order valence-electron chi connectivity index (χ4n) is 3.24. The van der Waals surface area contributed by atoms with Gasteiger partial charge in [0.2, 0.25) is 0 Å². The Balaban J connectivity index is 1.61. The molecule has 0 aromatic heterocycles.